The fourth-order valence-electron chi connectivity index (χ4n) is 2.99. The number of nitrogens with one attached hydrogen (secondary N) is 1. The van der Waals surface area contributed by atoms with Crippen LogP contribution in [0, 0.1) is 0 Å². The van der Waals surface area contributed by atoms with Crippen molar-refractivity contribution in [2.45, 2.75) is 31.3 Å². The molecule has 0 spiro atoms. The highest BCUT2D eigenvalue weighted by Gasteiger charge is 2.23. The molecule has 0 saturated carbocycles. The van der Waals surface area contributed by atoms with Gasteiger partial charge in [-0.25, -0.2) is 0 Å². The number of amides is 1. The van der Waals surface area contributed by atoms with Crippen LogP contribution < -0.4 is 19.5 Å². The number of carbonyl (C=O) groups excluding carboxylic acids is 1. The van der Waals surface area contributed by atoms with E-state index in [0.29, 0.717) is 29.4 Å². The summed E-state index contributed by atoms with van der Waals surface area (Å²) in [6, 6.07) is 9.32. The van der Waals surface area contributed by atoms with Gasteiger partial charge in [0.25, 0.3) is 5.91 Å². The van der Waals surface area contributed by atoms with Gasteiger partial charge < -0.3 is 19.5 Å². The fraction of sp³-hybridized carbons (Fsp3) is 0.350. The van der Waals surface area contributed by atoms with Gasteiger partial charge in [-0.15, -0.1) is 11.8 Å². The maximum Gasteiger partial charge on any atom is 0.259 e. The fourth-order valence-corrected chi connectivity index (χ4v) is 3.42. The Kier molecular flexibility index (Phi) is 5.61. The first-order chi connectivity index (χ1) is 12.5. The first-order valence-corrected chi connectivity index (χ1v) is 9.78. The van der Waals surface area contributed by atoms with Gasteiger partial charge in [-0.2, -0.15) is 0 Å². The van der Waals surface area contributed by atoms with E-state index in [2.05, 4.69) is 5.32 Å². The van der Waals surface area contributed by atoms with Crippen LogP contribution in [0.1, 0.15) is 29.8 Å². The summed E-state index contributed by atoms with van der Waals surface area (Å²) < 4.78 is 16.9. The summed E-state index contributed by atoms with van der Waals surface area (Å²) in [7, 11) is 1.56. The van der Waals surface area contributed by atoms with Crippen LogP contribution in [0.15, 0.2) is 35.2 Å². The minimum Gasteiger partial charge on any atom is -0.496 e. The Bertz CT molecular complexity index is 822. The van der Waals surface area contributed by atoms with Crippen LogP contribution in [0.2, 0.25) is 0 Å². The van der Waals surface area contributed by atoms with Gasteiger partial charge in [0.1, 0.15) is 23.4 Å². The van der Waals surface area contributed by atoms with Crippen LogP contribution in [0.5, 0.6) is 17.2 Å². The van der Waals surface area contributed by atoms with Gasteiger partial charge >= 0.3 is 0 Å². The normalized spacial score (nSPS) is 15.2. The van der Waals surface area contributed by atoms with Gasteiger partial charge in [0, 0.05) is 22.9 Å². The van der Waals surface area contributed by atoms with Crippen LogP contribution in [0.4, 0.5) is 5.69 Å². The molecule has 2 aromatic rings. The van der Waals surface area contributed by atoms with Crippen molar-refractivity contribution < 1.29 is 19.0 Å². The molecule has 1 amide bonds. The number of benzene rings is 2. The predicted molar refractivity (Wildman–Crippen MR) is 104 cm³/mol. The van der Waals surface area contributed by atoms with Crippen LogP contribution in [-0.4, -0.2) is 32.0 Å². The molecule has 1 heterocycles. The van der Waals surface area contributed by atoms with E-state index >= 15 is 0 Å². The first-order valence-electron chi connectivity index (χ1n) is 8.55. The smallest absolute Gasteiger partial charge is 0.259 e. The van der Waals surface area contributed by atoms with E-state index in [9.17, 15) is 4.79 Å². The molecule has 3 rings (SSSR count). The number of anilines is 1. The number of carbonyl (C=O) groups is 1. The molecule has 0 bridgehead atoms. The molecule has 2 aromatic carbocycles. The number of thioether (sulfide) groups is 1. The number of ether oxygens (including phenoxy) is 3. The number of hydrogen-bond donors (Lipinski definition) is 1. The predicted octanol–water partition coefficient (Wildman–Crippen LogP) is 4.39. The van der Waals surface area contributed by atoms with Crippen LogP contribution in [-0.2, 0) is 6.42 Å². The second kappa shape index (κ2) is 7.91. The third-order valence-electron chi connectivity index (χ3n) is 4.20. The third-order valence-corrected chi connectivity index (χ3v) is 4.92. The molecule has 1 aliphatic heterocycles. The SMILES string of the molecule is CCOc1cc2c(cc1NC(=O)c1ccc(SC)cc1OC)OC(C)C2. The van der Waals surface area contributed by atoms with Crippen molar-refractivity contribution in [1.82, 2.24) is 0 Å². The largest absolute Gasteiger partial charge is 0.496 e. The lowest BCUT2D eigenvalue weighted by atomic mass is 10.1. The maximum absolute atomic E-state index is 12.8. The maximum atomic E-state index is 12.8. The Balaban J connectivity index is 1.91. The minimum atomic E-state index is -0.249. The van der Waals surface area contributed by atoms with Crippen molar-refractivity contribution in [2.24, 2.45) is 0 Å². The Morgan fingerprint density at radius 1 is 1.31 bits per heavy atom. The van der Waals surface area contributed by atoms with E-state index in [1.54, 1.807) is 24.9 Å². The Morgan fingerprint density at radius 3 is 2.81 bits per heavy atom. The second-order valence-corrected chi connectivity index (χ2v) is 6.92. The molecule has 1 aliphatic rings. The van der Waals surface area contributed by atoms with Crippen LogP contribution in [0.25, 0.3) is 0 Å². The quantitative estimate of drug-likeness (QED) is 0.761. The molecule has 26 heavy (non-hydrogen) atoms. The highest BCUT2D eigenvalue weighted by Crippen LogP contribution is 2.38. The van der Waals surface area contributed by atoms with Crippen molar-refractivity contribution in [1.29, 1.82) is 0 Å². The molecule has 0 fully saturated rings. The van der Waals surface area contributed by atoms with Crippen molar-refractivity contribution >= 4 is 23.4 Å². The molecule has 0 aliphatic carbocycles. The van der Waals surface area contributed by atoms with Gasteiger partial charge in [0.2, 0.25) is 0 Å². The lowest BCUT2D eigenvalue weighted by molar-refractivity contribution is 0.102. The molecule has 0 saturated heterocycles. The van der Waals surface area contributed by atoms with Crippen molar-refractivity contribution in [3.05, 3.63) is 41.5 Å². The van der Waals surface area contributed by atoms with Crippen molar-refractivity contribution in [3.63, 3.8) is 0 Å². The average Bonchev–Trinajstić information content (AvgIpc) is 3.00. The summed E-state index contributed by atoms with van der Waals surface area (Å²) in [5.74, 6) is 1.73. The minimum absolute atomic E-state index is 0.129. The lowest BCUT2D eigenvalue weighted by Gasteiger charge is -2.15. The molecule has 6 heteroatoms. The Hall–Kier alpha value is -2.34. The van der Waals surface area contributed by atoms with Gasteiger partial charge in [-0.05, 0) is 44.4 Å². The first kappa shape index (κ1) is 18.5. The number of methoxy groups -OCH3 is 1. The Labute approximate surface area is 158 Å². The van der Waals surface area contributed by atoms with E-state index in [1.165, 1.54) is 0 Å². The molecule has 1 atom stereocenters. The zero-order valence-electron chi connectivity index (χ0n) is 15.4. The zero-order chi connectivity index (χ0) is 18.7. The molecule has 1 unspecified atom stereocenters. The number of hydrogen-bond acceptors (Lipinski definition) is 5. The van der Waals surface area contributed by atoms with Crippen molar-refractivity contribution in [2.75, 3.05) is 25.3 Å². The van der Waals surface area contributed by atoms with E-state index in [1.807, 2.05) is 44.4 Å². The monoisotopic (exact) mass is 373 g/mol. The summed E-state index contributed by atoms with van der Waals surface area (Å²) in [4.78, 5) is 13.9. The second-order valence-electron chi connectivity index (χ2n) is 6.04. The summed E-state index contributed by atoms with van der Waals surface area (Å²) in [6.45, 7) is 4.46. The Morgan fingerprint density at radius 2 is 2.12 bits per heavy atom. The van der Waals surface area contributed by atoms with E-state index in [4.69, 9.17) is 14.2 Å². The molecule has 138 valence electrons. The molecule has 0 aromatic heterocycles. The topological polar surface area (TPSA) is 56.8 Å². The molecular weight excluding hydrogens is 350 g/mol. The van der Waals surface area contributed by atoms with E-state index < -0.39 is 0 Å². The molecule has 5 nitrogen and oxygen atoms in total. The summed E-state index contributed by atoms with van der Waals surface area (Å²) >= 11 is 1.60. The zero-order valence-corrected chi connectivity index (χ0v) is 16.2. The summed E-state index contributed by atoms with van der Waals surface area (Å²) in [5.41, 5.74) is 2.17. The van der Waals surface area contributed by atoms with Crippen LogP contribution >= 0.6 is 11.8 Å². The van der Waals surface area contributed by atoms with E-state index in [0.717, 1.165) is 22.6 Å². The number of fused-ring (bicyclic) bond motifs is 1. The standard InChI is InChI=1S/C20H23NO4S/c1-5-24-19-9-13-8-12(2)25-17(13)11-16(19)21-20(22)15-7-6-14(26-4)10-18(15)23-3/h6-7,9-12H,5,8H2,1-4H3,(H,21,22). The van der Waals surface area contributed by atoms with Crippen molar-refractivity contribution in [3.8, 4) is 17.2 Å². The lowest BCUT2D eigenvalue weighted by Crippen LogP contribution is -2.14. The molecule has 0 radical (unpaired) electrons. The highest BCUT2D eigenvalue weighted by atomic mass is 32.2. The summed E-state index contributed by atoms with van der Waals surface area (Å²) in [5, 5.41) is 2.94. The summed E-state index contributed by atoms with van der Waals surface area (Å²) in [6.07, 6.45) is 2.95. The van der Waals surface area contributed by atoms with E-state index in [-0.39, 0.29) is 12.0 Å². The van der Waals surface area contributed by atoms with Gasteiger partial charge in [0.15, 0.2) is 0 Å². The third kappa shape index (κ3) is 3.75. The average molecular weight is 373 g/mol. The molecule has 1 N–H and O–H groups in total. The number of rotatable bonds is 6. The van der Waals surface area contributed by atoms with Gasteiger partial charge in [-0.1, -0.05) is 0 Å². The van der Waals surface area contributed by atoms with Gasteiger partial charge in [0.05, 0.1) is 25.0 Å². The highest BCUT2D eigenvalue weighted by molar-refractivity contribution is 7.98. The van der Waals surface area contributed by atoms with Crippen LogP contribution in [0.3, 0.4) is 0 Å². The molecular formula is C20H23NO4S. The van der Waals surface area contributed by atoms with Gasteiger partial charge in [-0.3, -0.25) is 4.79 Å².